The average Bonchev–Trinajstić information content (AvgIpc) is 2.96. The number of hydrogen-bond donors (Lipinski definition) is 1. The molecule has 0 saturated carbocycles. The highest BCUT2D eigenvalue weighted by Gasteiger charge is 2.13. The van der Waals surface area contributed by atoms with Crippen molar-refractivity contribution in [2.75, 3.05) is 0 Å². The highest BCUT2D eigenvalue weighted by molar-refractivity contribution is 6.07. The summed E-state index contributed by atoms with van der Waals surface area (Å²) in [5.41, 5.74) is 4.81. The summed E-state index contributed by atoms with van der Waals surface area (Å²) in [6.07, 6.45) is 0. The van der Waals surface area contributed by atoms with Crippen LogP contribution in [-0.2, 0) is 7.05 Å². The Labute approximate surface area is 138 Å². The number of nitriles is 1. The van der Waals surface area contributed by atoms with E-state index in [1.54, 1.807) is 29.8 Å². The maximum atomic E-state index is 12.8. The number of hydrogen-bond acceptors (Lipinski definition) is 2. The molecule has 0 aliphatic heterocycles. The molecule has 2 aromatic carbocycles. The number of H-pyrrole nitrogens is 1. The van der Waals surface area contributed by atoms with Gasteiger partial charge in [0.25, 0.3) is 5.56 Å². The lowest BCUT2D eigenvalue weighted by molar-refractivity contribution is 0.896. The Bertz CT molecular complexity index is 1210. The fourth-order valence-electron chi connectivity index (χ4n) is 3.17. The quantitative estimate of drug-likeness (QED) is 0.580. The second kappa shape index (κ2) is 5.10. The van der Waals surface area contributed by atoms with Crippen LogP contribution in [0, 0.1) is 18.3 Å². The van der Waals surface area contributed by atoms with Gasteiger partial charge in [0.2, 0.25) is 0 Å². The summed E-state index contributed by atoms with van der Waals surface area (Å²) < 4.78 is 1.64. The monoisotopic (exact) mass is 313 g/mol. The Kier molecular flexibility index (Phi) is 3.04. The summed E-state index contributed by atoms with van der Waals surface area (Å²) in [7, 11) is 1.77. The van der Waals surface area contributed by atoms with Gasteiger partial charge in [-0.15, -0.1) is 0 Å². The van der Waals surface area contributed by atoms with Crippen LogP contribution in [0.1, 0.15) is 11.1 Å². The molecule has 24 heavy (non-hydrogen) atoms. The van der Waals surface area contributed by atoms with Crippen LogP contribution in [0.4, 0.5) is 0 Å². The third-order valence-electron chi connectivity index (χ3n) is 4.44. The third-order valence-corrected chi connectivity index (χ3v) is 4.44. The van der Waals surface area contributed by atoms with E-state index < -0.39 is 0 Å². The van der Waals surface area contributed by atoms with Gasteiger partial charge in [-0.3, -0.25) is 9.36 Å². The fourth-order valence-corrected chi connectivity index (χ4v) is 3.17. The highest BCUT2D eigenvalue weighted by atomic mass is 16.1. The van der Waals surface area contributed by atoms with Crippen molar-refractivity contribution in [3.63, 3.8) is 0 Å². The zero-order valence-electron chi connectivity index (χ0n) is 13.4. The van der Waals surface area contributed by atoms with Crippen molar-refractivity contribution in [2.45, 2.75) is 6.92 Å². The molecule has 0 spiro atoms. The molecule has 0 atom stereocenters. The highest BCUT2D eigenvalue weighted by Crippen LogP contribution is 2.28. The van der Waals surface area contributed by atoms with Gasteiger partial charge in [0, 0.05) is 28.9 Å². The van der Waals surface area contributed by atoms with E-state index in [1.807, 2.05) is 24.3 Å². The largest absolute Gasteiger partial charge is 0.341 e. The summed E-state index contributed by atoms with van der Waals surface area (Å²) in [4.78, 5) is 16.1. The van der Waals surface area contributed by atoms with Crippen molar-refractivity contribution < 1.29 is 0 Å². The lowest BCUT2D eigenvalue weighted by atomic mass is 10.0. The van der Waals surface area contributed by atoms with Gasteiger partial charge in [-0.2, -0.15) is 5.26 Å². The van der Waals surface area contributed by atoms with Crippen LogP contribution < -0.4 is 5.56 Å². The molecule has 2 heterocycles. The van der Waals surface area contributed by atoms with Crippen molar-refractivity contribution in [2.24, 2.45) is 7.05 Å². The van der Waals surface area contributed by atoms with Crippen LogP contribution in [0.2, 0.25) is 0 Å². The van der Waals surface area contributed by atoms with Gasteiger partial charge in [-0.25, -0.2) is 0 Å². The maximum Gasteiger partial charge on any atom is 0.259 e. The second-order valence-electron chi connectivity index (χ2n) is 6.05. The van der Waals surface area contributed by atoms with Crippen LogP contribution in [0.3, 0.4) is 0 Å². The number of nitrogens with zero attached hydrogens (tertiary/aromatic N) is 2. The van der Waals surface area contributed by atoms with Gasteiger partial charge in [0.05, 0.1) is 11.6 Å². The van der Waals surface area contributed by atoms with Crippen LogP contribution in [0.5, 0.6) is 0 Å². The first-order valence-electron chi connectivity index (χ1n) is 7.71. The van der Waals surface area contributed by atoms with Crippen molar-refractivity contribution in [1.29, 1.82) is 5.26 Å². The van der Waals surface area contributed by atoms with E-state index in [4.69, 9.17) is 5.26 Å². The molecule has 2 aromatic heterocycles. The van der Waals surface area contributed by atoms with E-state index in [1.165, 1.54) is 5.56 Å². The first-order valence-corrected chi connectivity index (χ1v) is 7.71. The molecule has 0 unspecified atom stereocenters. The minimum Gasteiger partial charge on any atom is -0.341 e. The summed E-state index contributed by atoms with van der Waals surface area (Å²) >= 11 is 0. The van der Waals surface area contributed by atoms with E-state index in [-0.39, 0.29) is 5.56 Å². The molecule has 116 valence electrons. The number of pyridine rings is 1. The Morgan fingerprint density at radius 1 is 1.08 bits per heavy atom. The second-order valence-corrected chi connectivity index (χ2v) is 6.05. The first-order chi connectivity index (χ1) is 11.6. The van der Waals surface area contributed by atoms with Crippen molar-refractivity contribution in [3.05, 3.63) is 70.0 Å². The molecule has 1 N–H and O–H groups in total. The van der Waals surface area contributed by atoms with Crippen molar-refractivity contribution in [1.82, 2.24) is 9.55 Å². The summed E-state index contributed by atoms with van der Waals surface area (Å²) in [6.45, 7) is 2.05. The lowest BCUT2D eigenvalue weighted by Gasteiger charge is -2.06. The lowest BCUT2D eigenvalue weighted by Crippen LogP contribution is -2.18. The zero-order valence-corrected chi connectivity index (χ0v) is 13.4. The van der Waals surface area contributed by atoms with Gasteiger partial charge in [-0.1, -0.05) is 23.8 Å². The smallest absolute Gasteiger partial charge is 0.259 e. The van der Waals surface area contributed by atoms with Crippen LogP contribution in [0.25, 0.3) is 33.1 Å². The number of fused-ring (bicyclic) bond motifs is 3. The first kappa shape index (κ1) is 14.3. The Hall–Kier alpha value is -3.32. The molecule has 0 aliphatic rings. The zero-order chi connectivity index (χ0) is 16.8. The number of nitrogens with one attached hydrogen (secondary N) is 1. The van der Waals surface area contributed by atoms with Crippen molar-refractivity contribution in [3.8, 4) is 17.2 Å². The molecule has 0 fully saturated rings. The predicted molar refractivity (Wildman–Crippen MR) is 95.9 cm³/mol. The molecule has 0 radical (unpaired) electrons. The van der Waals surface area contributed by atoms with Crippen molar-refractivity contribution >= 4 is 21.9 Å². The molecule has 4 aromatic rings. The predicted octanol–water partition coefficient (Wildman–Crippen LogP) is 3.87. The summed E-state index contributed by atoms with van der Waals surface area (Å²) in [6, 6.07) is 17.4. The van der Waals surface area contributed by atoms with Crippen LogP contribution in [0.15, 0.2) is 53.3 Å². The van der Waals surface area contributed by atoms with E-state index >= 15 is 0 Å². The Morgan fingerprint density at radius 3 is 2.71 bits per heavy atom. The maximum absolute atomic E-state index is 12.8. The SMILES string of the molecule is Cc1ccc2[nH]c3c(cc(-c4cccc(C#N)c4)c(=O)n3C)c2c1. The van der Waals surface area contributed by atoms with E-state index in [0.29, 0.717) is 11.1 Å². The number of rotatable bonds is 1. The normalized spacial score (nSPS) is 11.0. The molecule has 0 amide bonds. The minimum absolute atomic E-state index is 0.0825. The van der Waals surface area contributed by atoms with Gasteiger partial charge in [0.1, 0.15) is 5.65 Å². The van der Waals surface area contributed by atoms with E-state index in [9.17, 15) is 4.79 Å². The van der Waals surface area contributed by atoms with Gasteiger partial charge < -0.3 is 4.98 Å². The fraction of sp³-hybridized carbons (Fsp3) is 0.100. The standard InChI is InChI=1S/C20H15N3O/c1-12-6-7-18-16(8-12)17-10-15(20(24)23(2)19(17)22-18)14-5-3-4-13(9-14)11-21/h3-10,22H,1-2H3. The number of aryl methyl sites for hydroxylation is 2. The van der Waals surface area contributed by atoms with Crippen LogP contribution in [-0.4, -0.2) is 9.55 Å². The van der Waals surface area contributed by atoms with Crippen LogP contribution >= 0.6 is 0 Å². The van der Waals surface area contributed by atoms with Gasteiger partial charge >= 0.3 is 0 Å². The topological polar surface area (TPSA) is 61.6 Å². The molecule has 0 saturated heterocycles. The number of benzene rings is 2. The third kappa shape index (κ3) is 2.03. The molecule has 4 rings (SSSR count). The summed E-state index contributed by atoms with van der Waals surface area (Å²) in [5, 5.41) is 11.2. The molecule has 4 heteroatoms. The molecular weight excluding hydrogens is 298 g/mol. The molecule has 4 nitrogen and oxygen atoms in total. The molecular formula is C20H15N3O. The minimum atomic E-state index is -0.0825. The Balaban J connectivity index is 2.11. The van der Waals surface area contributed by atoms with Gasteiger partial charge in [0.15, 0.2) is 0 Å². The molecule has 0 aliphatic carbocycles. The van der Waals surface area contributed by atoms with E-state index in [0.717, 1.165) is 27.5 Å². The van der Waals surface area contributed by atoms with E-state index in [2.05, 4.69) is 24.0 Å². The number of aromatic nitrogens is 2. The Morgan fingerprint density at radius 2 is 1.92 bits per heavy atom. The molecule has 0 bridgehead atoms. The van der Waals surface area contributed by atoms with Gasteiger partial charge in [-0.05, 0) is 42.8 Å². The summed E-state index contributed by atoms with van der Waals surface area (Å²) in [5.74, 6) is 0. The average molecular weight is 313 g/mol. The number of aromatic amines is 1.